The van der Waals surface area contributed by atoms with Gasteiger partial charge in [0.25, 0.3) is 0 Å². The maximum Gasteiger partial charge on any atom is 0.228 e. The summed E-state index contributed by atoms with van der Waals surface area (Å²) in [5, 5.41) is 3.15. The summed E-state index contributed by atoms with van der Waals surface area (Å²) in [4.78, 5) is 8.87. The number of aromatic nitrogens is 2. The lowest BCUT2D eigenvalue weighted by molar-refractivity contribution is 1.09. The van der Waals surface area contributed by atoms with E-state index >= 15 is 0 Å². The standard InChI is InChI=1S/C13H13BrN4S/c1-7-3-9(14)6-10(4-7)17-13-16-8(2)5-11(18-13)12(15)19/h3-6H,1-2H3,(H2,15,19)(H,16,17,18). The van der Waals surface area contributed by atoms with Crippen LogP contribution in [0.2, 0.25) is 0 Å². The van der Waals surface area contributed by atoms with Gasteiger partial charge in [0, 0.05) is 15.9 Å². The number of aryl methyl sites for hydroxylation is 2. The fourth-order valence-corrected chi connectivity index (χ4v) is 2.40. The van der Waals surface area contributed by atoms with Crippen LogP contribution in [0.3, 0.4) is 0 Å². The van der Waals surface area contributed by atoms with Crippen molar-refractivity contribution < 1.29 is 0 Å². The molecule has 3 N–H and O–H groups in total. The highest BCUT2D eigenvalue weighted by Crippen LogP contribution is 2.21. The van der Waals surface area contributed by atoms with E-state index < -0.39 is 0 Å². The monoisotopic (exact) mass is 336 g/mol. The number of halogens is 1. The van der Waals surface area contributed by atoms with E-state index in [2.05, 4.69) is 31.2 Å². The summed E-state index contributed by atoms with van der Waals surface area (Å²) in [5.74, 6) is 0.486. The van der Waals surface area contributed by atoms with Gasteiger partial charge in [-0.2, -0.15) is 0 Å². The largest absolute Gasteiger partial charge is 0.388 e. The summed E-state index contributed by atoms with van der Waals surface area (Å²) in [6.45, 7) is 3.90. The van der Waals surface area contributed by atoms with Crippen molar-refractivity contribution in [3.05, 3.63) is 45.7 Å². The molecule has 98 valence electrons. The molecule has 0 spiro atoms. The Morgan fingerprint density at radius 1 is 1.21 bits per heavy atom. The Bertz CT molecular complexity index is 622. The Morgan fingerprint density at radius 2 is 1.95 bits per heavy atom. The number of thiocarbonyl (C=S) groups is 1. The minimum absolute atomic E-state index is 0.263. The van der Waals surface area contributed by atoms with Gasteiger partial charge in [-0.1, -0.05) is 28.1 Å². The van der Waals surface area contributed by atoms with Gasteiger partial charge in [-0.3, -0.25) is 0 Å². The second-order valence-electron chi connectivity index (χ2n) is 4.22. The van der Waals surface area contributed by atoms with Gasteiger partial charge in [0.2, 0.25) is 5.95 Å². The molecule has 0 aliphatic heterocycles. The summed E-state index contributed by atoms with van der Waals surface area (Å²) >= 11 is 8.40. The van der Waals surface area contributed by atoms with Gasteiger partial charge in [-0.15, -0.1) is 0 Å². The van der Waals surface area contributed by atoms with Crippen molar-refractivity contribution in [2.75, 3.05) is 5.32 Å². The number of benzene rings is 1. The van der Waals surface area contributed by atoms with E-state index in [-0.39, 0.29) is 4.99 Å². The molecule has 0 saturated carbocycles. The average Bonchev–Trinajstić information content (AvgIpc) is 2.26. The molecule has 1 aromatic heterocycles. The molecule has 0 fully saturated rings. The van der Waals surface area contributed by atoms with E-state index in [1.807, 2.05) is 32.0 Å². The Balaban J connectivity index is 2.35. The first-order valence-corrected chi connectivity index (χ1v) is 6.84. The van der Waals surface area contributed by atoms with E-state index in [0.29, 0.717) is 11.6 Å². The van der Waals surface area contributed by atoms with Gasteiger partial charge in [0.05, 0.1) is 0 Å². The highest BCUT2D eigenvalue weighted by atomic mass is 79.9. The third-order valence-corrected chi connectivity index (χ3v) is 3.07. The van der Waals surface area contributed by atoms with Crippen molar-refractivity contribution in [2.24, 2.45) is 5.73 Å². The molecule has 1 aromatic carbocycles. The summed E-state index contributed by atoms with van der Waals surface area (Å²) in [7, 11) is 0. The Hall–Kier alpha value is -1.53. The maximum absolute atomic E-state index is 5.60. The molecular weight excluding hydrogens is 324 g/mol. The number of hydrogen-bond acceptors (Lipinski definition) is 4. The lowest BCUT2D eigenvalue weighted by atomic mass is 10.2. The molecule has 4 nitrogen and oxygen atoms in total. The van der Waals surface area contributed by atoms with Crippen LogP contribution in [0, 0.1) is 13.8 Å². The van der Waals surface area contributed by atoms with Crippen molar-refractivity contribution in [1.82, 2.24) is 9.97 Å². The first-order chi connectivity index (χ1) is 8.94. The van der Waals surface area contributed by atoms with Crippen LogP contribution in [0.5, 0.6) is 0 Å². The predicted molar refractivity (Wildman–Crippen MR) is 84.8 cm³/mol. The van der Waals surface area contributed by atoms with E-state index in [4.69, 9.17) is 18.0 Å². The van der Waals surface area contributed by atoms with Crippen molar-refractivity contribution in [3.8, 4) is 0 Å². The molecule has 2 aromatic rings. The SMILES string of the molecule is Cc1cc(Br)cc(Nc2nc(C)cc(C(N)=S)n2)c1. The number of nitrogens with one attached hydrogen (secondary N) is 1. The smallest absolute Gasteiger partial charge is 0.228 e. The zero-order valence-corrected chi connectivity index (χ0v) is 13.0. The minimum Gasteiger partial charge on any atom is -0.388 e. The van der Waals surface area contributed by atoms with Gasteiger partial charge in [0.15, 0.2) is 0 Å². The van der Waals surface area contributed by atoms with Crippen LogP contribution in [-0.4, -0.2) is 15.0 Å². The zero-order chi connectivity index (χ0) is 14.0. The number of hydrogen-bond donors (Lipinski definition) is 2. The lowest BCUT2D eigenvalue weighted by Crippen LogP contribution is -2.13. The van der Waals surface area contributed by atoms with E-state index in [1.165, 1.54) is 0 Å². The quantitative estimate of drug-likeness (QED) is 0.842. The second-order valence-corrected chi connectivity index (χ2v) is 5.58. The molecule has 0 radical (unpaired) electrons. The highest BCUT2D eigenvalue weighted by Gasteiger charge is 2.05. The van der Waals surface area contributed by atoms with Crippen LogP contribution < -0.4 is 11.1 Å². The summed E-state index contributed by atoms with van der Waals surface area (Å²) in [6, 6.07) is 7.76. The van der Waals surface area contributed by atoms with E-state index in [1.54, 1.807) is 6.07 Å². The molecule has 0 aliphatic carbocycles. The van der Waals surface area contributed by atoms with Crippen molar-refractivity contribution >= 4 is 44.8 Å². The van der Waals surface area contributed by atoms with Crippen LogP contribution in [-0.2, 0) is 0 Å². The summed E-state index contributed by atoms with van der Waals surface area (Å²) in [5.41, 5.74) is 9.02. The number of nitrogens with zero attached hydrogens (tertiary/aromatic N) is 2. The van der Waals surface area contributed by atoms with Gasteiger partial charge in [-0.25, -0.2) is 9.97 Å². The maximum atomic E-state index is 5.60. The lowest BCUT2D eigenvalue weighted by Gasteiger charge is -2.08. The van der Waals surface area contributed by atoms with Crippen molar-refractivity contribution in [1.29, 1.82) is 0 Å². The fraction of sp³-hybridized carbons (Fsp3) is 0.154. The van der Waals surface area contributed by atoms with Gasteiger partial charge >= 0.3 is 0 Å². The van der Waals surface area contributed by atoms with Crippen LogP contribution in [0.1, 0.15) is 17.0 Å². The molecule has 0 bridgehead atoms. The molecule has 0 unspecified atom stereocenters. The van der Waals surface area contributed by atoms with Gasteiger partial charge in [-0.05, 0) is 43.7 Å². The fourth-order valence-electron chi connectivity index (χ4n) is 1.69. The molecule has 0 aliphatic rings. The molecular formula is C13H13BrN4S. The van der Waals surface area contributed by atoms with Crippen LogP contribution in [0.25, 0.3) is 0 Å². The summed E-state index contributed by atoms with van der Waals surface area (Å²) in [6.07, 6.45) is 0. The van der Waals surface area contributed by atoms with Crippen molar-refractivity contribution in [3.63, 3.8) is 0 Å². The molecule has 1 heterocycles. The molecule has 2 rings (SSSR count). The van der Waals surface area contributed by atoms with E-state index in [0.717, 1.165) is 21.4 Å². The van der Waals surface area contributed by atoms with Crippen LogP contribution in [0.4, 0.5) is 11.6 Å². The third kappa shape index (κ3) is 3.71. The molecule has 0 amide bonds. The third-order valence-electron chi connectivity index (χ3n) is 2.40. The molecule has 0 saturated heterocycles. The zero-order valence-electron chi connectivity index (χ0n) is 10.6. The number of rotatable bonds is 3. The topological polar surface area (TPSA) is 63.8 Å². The Kier molecular flexibility index (Phi) is 4.11. The molecule has 6 heteroatoms. The normalized spacial score (nSPS) is 10.3. The highest BCUT2D eigenvalue weighted by molar-refractivity contribution is 9.10. The second kappa shape index (κ2) is 5.63. The molecule has 0 atom stereocenters. The number of nitrogens with two attached hydrogens (primary N) is 1. The van der Waals surface area contributed by atoms with Gasteiger partial charge < -0.3 is 11.1 Å². The first kappa shape index (κ1) is 13.9. The first-order valence-electron chi connectivity index (χ1n) is 5.64. The molecule has 19 heavy (non-hydrogen) atoms. The number of anilines is 2. The van der Waals surface area contributed by atoms with Crippen molar-refractivity contribution in [2.45, 2.75) is 13.8 Å². The summed E-state index contributed by atoms with van der Waals surface area (Å²) < 4.78 is 0.997. The van der Waals surface area contributed by atoms with Gasteiger partial charge in [0.1, 0.15) is 10.7 Å². The Labute approximate surface area is 125 Å². The van der Waals surface area contributed by atoms with Crippen LogP contribution >= 0.6 is 28.1 Å². The predicted octanol–water partition coefficient (Wildman–Crippen LogP) is 3.23. The Morgan fingerprint density at radius 3 is 2.58 bits per heavy atom. The van der Waals surface area contributed by atoms with E-state index in [9.17, 15) is 0 Å². The van der Waals surface area contributed by atoms with Crippen LogP contribution in [0.15, 0.2) is 28.7 Å². The minimum atomic E-state index is 0.263. The average molecular weight is 337 g/mol.